The van der Waals surface area contributed by atoms with Crippen molar-refractivity contribution in [2.24, 2.45) is 5.92 Å². The molecule has 0 bridgehead atoms. The van der Waals surface area contributed by atoms with Gasteiger partial charge >= 0.3 is 0 Å². The number of carbonyl (C=O) groups is 1. The number of hydrogen-bond donors (Lipinski definition) is 0. The van der Waals surface area contributed by atoms with Crippen LogP contribution in [0.5, 0.6) is 0 Å². The second-order valence-electron chi connectivity index (χ2n) is 4.21. The van der Waals surface area contributed by atoms with Crippen molar-refractivity contribution in [2.45, 2.75) is 32.2 Å². The van der Waals surface area contributed by atoms with Crippen molar-refractivity contribution < 1.29 is 9.53 Å². The van der Waals surface area contributed by atoms with Crippen LogP contribution in [0, 0.1) is 5.92 Å². The van der Waals surface area contributed by atoms with Crippen molar-refractivity contribution in [3.8, 4) is 0 Å². The average Bonchev–Trinajstić information content (AvgIpc) is 2.61. The lowest BCUT2D eigenvalue weighted by molar-refractivity contribution is -0.137. The molecule has 2 atom stereocenters. The Morgan fingerprint density at radius 2 is 2.31 bits per heavy atom. The van der Waals surface area contributed by atoms with E-state index in [0.717, 1.165) is 39.0 Å². The summed E-state index contributed by atoms with van der Waals surface area (Å²) >= 11 is 0. The third-order valence-electron chi connectivity index (χ3n) is 3.03. The van der Waals surface area contributed by atoms with Crippen LogP contribution in [-0.2, 0) is 9.53 Å². The predicted molar refractivity (Wildman–Crippen MR) is 49.3 cm³/mol. The van der Waals surface area contributed by atoms with Crippen molar-refractivity contribution >= 4 is 5.91 Å². The summed E-state index contributed by atoms with van der Waals surface area (Å²) in [4.78, 5) is 13.6. The number of piperidine rings is 1. The average molecular weight is 183 g/mol. The van der Waals surface area contributed by atoms with Crippen LogP contribution in [-0.4, -0.2) is 36.6 Å². The molecule has 2 fully saturated rings. The van der Waals surface area contributed by atoms with Crippen LogP contribution in [0.1, 0.15) is 26.2 Å². The summed E-state index contributed by atoms with van der Waals surface area (Å²) in [5.74, 6) is 0.993. The Bertz CT molecular complexity index is 199. The van der Waals surface area contributed by atoms with Crippen LogP contribution < -0.4 is 0 Å². The molecule has 0 aromatic heterocycles. The lowest BCUT2D eigenvalue weighted by Gasteiger charge is -2.34. The van der Waals surface area contributed by atoms with Crippen molar-refractivity contribution in [1.29, 1.82) is 0 Å². The van der Waals surface area contributed by atoms with Gasteiger partial charge in [-0.05, 0) is 18.8 Å². The minimum Gasteiger partial charge on any atom is -0.379 e. The fourth-order valence-corrected chi connectivity index (χ4v) is 2.16. The van der Waals surface area contributed by atoms with E-state index in [-0.39, 0.29) is 0 Å². The van der Waals surface area contributed by atoms with Gasteiger partial charge in [0.1, 0.15) is 0 Å². The highest BCUT2D eigenvalue weighted by molar-refractivity contribution is 5.77. The molecule has 13 heavy (non-hydrogen) atoms. The van der Waals surface area contributed by atoms with E-state index in [1.807, 2.05) is 4.90 Å². The molecule has 74 valence electrons. The number of likely N-dealkylation sites (tertiary alicyclic amines) is 1. The molecule has 0 saturated carbocycles. The van der Waals surface area contributed by atoms with Gasteiger partial charge in [0.05, 0.1) is 12.6 Å². The summed E-state index contributed by atoms with van der Waals surface area (Å²) in [6, 6.07) is 0.371. The van der Waals surface area contributed by atoms with Gasteiger partial charge in [0, 0.05) is 19.6 Å². The summed E-state index contributed by atoms with van der Waals surface area (Å²) in [6.07, 6.45) is 2.82. The molecule has 3 nitrogen and oxygen atoms in total. The molecular formula is C10H17NO2. The van der Waals surface area contributed by atoms with Crippen molar-refractivity contribution in [3.05, 3.63) is 0 Å². The minimum atomic E-state index is 0.327. The second-order valence-corrected chi connectivity index (χ2v) is 4.21. The first-order chi connectivity index (χ1) is 6.27. The van der Waals surface area contributed by atoms with Gasteiger partial charge in [-0.25, -0.2) is 0 Å². The highest BCUT2D eigenvalue weighted by atomic mass is 16.5. The van der Waals surface area contributed by atoms with Crippen LogP contribution in [0.15, 0.2) is 0 Å². The largest absolute Gasteiger partial charge is 0.379 e. The molecule has 2 rings (SSSR count). The van der Waals surface area contributed by atoms with Crippen LogP contribution in [0.25, 0.3) is 0 Å². The molecule has 0 radical (unpaired) electrons. The number of rotatable bonds is 1. The molecule has 2 aliphatic heterocycles. The monoisotopic (exact) mass is 183 g/mol. The molecular weight excluding hydrogens is 166 g/mol. The highest BCUT2D eigenvalue weighted by Crippen LogP contribution is 2.22. The maximum Gasteiger partial charge on any atom is 0.222 e. The van der Waals surface area contributed by atoms with E-state index < -0.39 is 0 Å². The summed E-state index contributed by atoms with van der Waals surface area (Å²) in [7, 11) is 0. The van der Waals surface area contributed by atoms with E-state index in [4.69, 9.17) is 4.74 Å². The highest BCUT2D eigenvalue weighted by Gasteiger charge is 2.31. The van der Waals surface area contributed by atoms with E-state index in [1.165, 1.54) is 0 Å². The number of hydrogen-bond acceptors (Lipinski definition) is 2. The Morgan fingerprint density at radius 3 is 3.00 bits per heavy atom. The standard InChI is InChI=1S/C10H17NO2/c1-8-2-3-10(12)11(6-8)9-4-5-13-7-9/h8-9H,2-7H2,1H3. The maximum atomic E-state index is 11.6. The summed E-state index contributed by atoms with van der Waals surface area (Å²) in [6.45, 7) is 4.73. The molecule has 2 aliphatic rings. The van der Waals surface area contributed by atoms with Gasteiger partial charge in [0.2, 0.25) is 5.91 Å². The number of nitrogens with zero attached hydrogens (tertiary/aromatic N) is 1. The number of carbonyl (C=O) groups excluding carboxylic acids is 1. The molecule has 2 heterocycles. The molecule has 2 saturated heterocycles. The van der Waals surface area contributed by atoms with E-state index in [9.17, 15) is 4.79 Å². The topological polar surface area (TPSA) is 29.5 Å². The normalized spacial score (nSPS) is 35.5. The maximum absolute atomic E-state index is 11.6. The zero-order valence-corrected chi connectivity index (χ0v) is 8.16. The van der Waals surface area contributed by atoms with Crippen molar-refractivity contribution in [3.63, 3.8) is 0 Å². The zero-order valence-electron chi connectivity index (χ0n) is 8.16. The van der Waals surface area contributed by atoms with Gasteiger partial charge in [0.25, 0.3) is 0 Å². The lowest BCUT2D eigenvalue weighted by atomic mass is 9.98. The molecule has 0 N–H and O–H groups in total. The van der Waals surface area contributed by atoms with E-state index in [1.54, 1.807) is 0 Å². The Balaban J connectivity index is 1.98. The molecule has 0 aromatic rings. The fourth-order valence-electron chi connectivity index (χ4n) is 2.16. The van der Waals surface area contributed by atoms with E-state index in [2.05, 4.69) is 6.92 Å². The van der Waals surface area contributed by atoms with Gasteiger partial charge in [-0.2, -0.15) is 0 Å². The summed E-state index contributed by atoms with van der Waals surface area (Å²) < 4.78 is 5.30. The van der Waals surface area contributed by atoms with E-state index >= 15 is 0 Å². The third kappa shape index (κ3) is 1.85. The van der Waals surface area contributed by atoms with Crippen LogP contribution >= 0.6 is 0 Å². The van der Waals surface area contributed by atoms with Crippen molar-refractivity contribution in [2.75, 3.05) is 19.8 Å². The summed E-state index contributed by atoms with van der Waals surface area (Å²) in [5.41, 5.74) is 0. The Hall–Kier alpha value is -0.570. The molecule has 3 heteroatoms. The van der Waals surface area contributed by atoms with Gasteiger partial charge < -0.3 is 9.64 Å². The predicted octanol–water partition coefficient (Wildman–Crippen LogP) is 1.03. The quantitative estimate of drug-likeness (QED) is 0.607. The van der Waals surface area contributed by atoms with Crippen LogP contribution in [0.4, 0.5) is 0 Å². The minimum absolute atomic E-state index is 0.327. The first-order valence-corrected chi connectivity index (χ1v) is 5.14. The fraction of sp³-hybridized carbons (Fsp3) is 0.900. The first-order valence-electron chi connectivity index (χ1n) is 5.14. The van der Waals surface area contributed by atoms with Crippen LogP contribution in [0.3, 0.4) is 0 Å². The number of amides is 1. The molecule has 2 unspecified atom stereocenters. The molecule has 0 aliphatic carbocycles. The van der Waals surface area contributed by atoms with Gasteiger partial charge in [-0.15, -0.1) is 0 Å². The SMILES string of the molecule is CC1CCC(=O)N(C2CCOC2)C1. The van der Waals surface area contributed by atoms with Crippen LogP contribution in [0.2, 0.25) is 0 Å². The molecule has 0 spiro atoms. The van der Waals surface area contributed by atoms with Gasteiger partial charge in [-0.3, -0.25) is 4.79 Å². The Kier molecular flexibility index (Phi) is 2.54. The third-order valence-corrected chi connectivity index (χ3v) is 3.03. The Labute approximate surface area is 79.0 Å². The second kappa shape index (κ2) is 3.66. The summed E-state index contributed by atoms with van der Waals surface area (Å²) in [5, 5.41) is 0. The van der Waals surface area contributed by atoms with E-state index in [0.29, 0.717) is 17.9 Å². The molecule has 0 aromatic carbocycles. The lowest BCUT2D eigenvalue weighted by Crippen LogP contribution is -2.46. The Morgan fingerprint density at radius 1 is 1.46 bits per heavy atom. The first kappa shape index (κ1) is 9.00. The molecule has 1 amide bonds. The number of ether oxygens (including phenoxy) is 1. The van der Waals surface area contributed by atoms with Gasteiger partial charge in [-0.1, -0.05) is 6.92 Å². The smallest absolute Gasteiger partial charge is 0.222 e. The zero-order chi connectivity index (χ0) is 9.26. The van der Waals surface area contributed by atoms with Crippen molar-refractivity contribution in [1.82, 2.24) is 4.90 Å². The van der Waals surface area contributed by atoms with Gasteiger partial charge in [0.15, 0.2) is 0 Å².